The summed E-state index contributed by atoms with van der Waals surface area (Å²) in [4.78, 5) is 9.20. The summed E-state index contributed by atoms with van der Waals surface area (Å²) >= 11 is 0. The average Bonchev–Trinajstić information content (AvgIpc) is 3.29. The second kappa shape index (κ2) is 8.12. The molecule has 0 saturated carbocycles. The van der Waals surface area contributed by atoms with E-state index in [2.05, 4.69) is 39.6 Å². The Morgan fingerprint density at radius 1 is 1.52 bits per heavy atom. The standard InChI is InChI=1S/C19H30N6O2/c1-5-20-18(21-12-19(4,26)15-7-6-10-27-15)22-14-8-9-16-23-17(13(2)3)24-25(16)11-14/h6-7,10,13-14,26H,5,8-9,11-12H2,1-4H3,(H2,20,21,22). The maximum atomic E-state index is 10.6. The number of hydrogen-bond acceptors (Lipinski definition) is 5. The van der Waals surface area contributed by atoms with Crippen molar-refractivity contribution in [1.82, 2.24) is 25.4 Å². The first-order valence-electron chi connectivity index (χ1n) is 9.64. The monoisotopic (exact) mass is 374 g/mol. The summed E-state index contributed by atoms with van der Waals surface area (Å²) in [5, 5.41) is 21.9. The maximum Gasteiger partial charge on any atom is 0.191 e. The number of fused-ring (bicyclic) bond motifs is 1. The Morgan fingerprint density at radius 3 is 3.00 bits per heavy atom. The van der Waals surface area contributed by atoms with Crippen LogP contribution in [0.4, 0.5) is 0 Å². The third-order valence-electron chi connectivity index (χ3n) is 4.67. The second-order valence-corrected chi connectivity index (χ2v) is 7.55. The quantitative estimate of drug-likeness (QED) is 0.526. The molecule has 0 fully saturated rings. The molecule has 8 nitrogen and oxygen atoms in total. The second-order valence-electron chi connectivity index (χ2n) is 7.55. The van der Waals surface area contributed by atoms with Gasteiger partial charge in [0.05, 0.1) is 19.4 Å². The molecule has 0 saturated heterocycles. The van der Waals surface area contributed by atoms with Crippen LogP contribution in [0.3, 0.4) is 0 Å². The molecule has 3 N–H and O–H groups in total. The largest absolute Gasteiger partial charge is 0.466 e. The Morgan fingerprint density at radius 2 is 2.33 bits per heavy atom. The fourth-order valence-corrected chi connectivity index (χ4v) is 3.10. The molecule has 2 unspecified atom stereocenters. The molecule has 0 aliphatic carbocycles. The van der Waals surface area contributed by atoms with E-state index in [0.29, 0.717) is 17.6 Å². The van der Waals surface area contributed by atoms with Gasteiger partial charge in [-0.15, -0.1) is 0 Å². The number of hydrogen-bond donors (Lipinski definition) is 3. The Bertz CT molecular complexity index is 763. The van der Waals surface area contributed by atoms with Crippen molar-refractivity contribution in [2.45, 2.75) is 64.6 Å². The van der Waals surface area contributed by atoms with Crippen molar-refractivity contribution in [2.24, 2.45) is 4.99 Å². The molecule has 0 bridgehead atoms. The summed E-state index contributed by atoms with van der Waals surface area (Å²) in [6.45, 7) is 9.65. The van der Waals surface area contributed by atoms with E-state index in [1.807, 2.05) is 11.6 Å². The van der Waals surface area contributed by atoms with Crippen molar-refractivity contribution in [1.29, 1.82) is 0 Å². The van der Waals surface area contributed by atoms with Gasteiger partial charge in [0.25, 0.3) is 0 Å². The first-order chi connectivity index (χ1) is 12.9. The fourth-order valence-electron chi connectivity index (χ4n) is 3.10. The van der Waals surface area contributed by atoms with Gasteiger partial charge in [-0.05, 0) is 32.4 Å². The minimum Gasteiger partial charge on any atom is -0.466 e. The van der Waals surface area contributed by atoms with Crippen LogP contribution in [0.2, 0.25) is 0 Å². The van der Waals surface area contributed by atoms with Crippen molar-refractivity contribution in [3.63, 3.8) is 0 Å². The van der Waals surface area contributed by atoms with Crippen LogP contribution in [0, 0.1) is 0 Å². The Labute approximate surface area is 160 Å². The molecule has 0 radical (unpaired) electrons. The molecule has 2 aromatic rings. The van der Waals surface area contributed by atoms with Crippen LogP contribution in [-0.4, -0.2) is 45.0 Å². The van der Waals surface area contributed by atoms with Gasteiger partial charge in [-0.25, -0.2) is 14.7 Å². The fraction of sp³-hybridized carbons (Fsp3) is 0.632. The van der Waals surface area contributed by atoms with E-state index in [1.54, 1.807) is 25.3 Å². The predicted molar refractivity (Wildman–Crippen MR) is 104 cm³/mol. The van der Waals surface area contributed by atoms with Crippen LogP contribution >= 0.6 is 0 Å². The van der Waals surface area contributed by atoms with E-state index in [-0.39, 0.29) is 12.6 Å². The molecule has 148 valence electrons. The molecule has 2 atom stereocenters. The van der Waals surface area contributed by atoms with Crippen molar-refractivity contribution < 1.29 is 9.52 Å². The van der Waals surface area contributed by atoms with E-state index in [4.69, 9.17) is 4.42 Å². The summed E-state index contributed by atoms with van der Waals surface area (Å²) in [7, 11) is 0. The zero-order valence-corrected chi connectivity index (χ0v) is 16.6. The Kier molecular flexibility index (Phi) is 5.84. The van der Waals surface area contributed by atoms with Crippen molar-refractivity contribution in [3.05, 3.63) is 35.8 Å². The van der Waals surface area contributed by atoms with Gasteiger partial charge in [0.15, 0.2) is 11.8 Å². The Hall–Kier alpha value is -2.35. The number of furan rings is 1. The van der Waals surface area contributed by atoms with E-state index in [1.165, 1.54) is 0 Å². The molecule has 0 spiro atoms. The molecule has 0 aromatic carbocycles. The van der Waals surface area contributed by atoms with Gasteiger partial charge >= 0.3 is 0 Å². The summed E-state index contributed by atoms with van der Waals surface area (Å²) in [6.07, 6.45) is 3.41. The zero-order chi connectivity index (χ0) is 19.4. The number of aliphatic imine (C=N–C) groups is 1. The predicted octanol–water partition coefficient (Wildman–Crippen LogP) is 1.77. The third-order valence-corrected chi connectivity index (χ3v) is 4.67. The highest BCUT2D eigenvalue weighted by molar-refractivity contribution is 5.80. The van der Waals surface area contributed by atoms with Crippen LogP contribution in [-0.2, 0) is 18.6 Å². The topological polar surface area (TPSA) is 100 Å². The van der Waals surface area contributed by atoms with Crippen LogP contribution in [0.15, 0.2) is 27.8 Å². The van der Waals surface area contributed by atoms with Gasteiger partial charge in [-0.2, -0.15) is 5.10 Å². The Balaban J connectivity index is 1.65. The minimum absolute atomic E-state index is 0.203. The molecule has 8 heteroatoms. The van der Waals surface area contributed by atoms with E-state index in [9.17, 15) is 5.11 Å². The molecule has 3 rings (SSSR count). The van der Waals surface area contributed by atoms with Crippen molar-refractivity contribution in [3.8, 4) is 0 Å². The number of aryl methyl sites for hydroxylation is 1. The highest BCUT2D eigenvalue weighted by Crippen LogP contribution is 2.21. The normalized spacial score (nSPS) is 19.6. The van der Waals surface area contributed by atoms with Crippen LogP contribution in [0.5, 0.6) is 0 Å². The molecule has 1 aliphatic rings. The number of rotatable bonds is 6. The molecule has 0 amide bonds. The molecular formula is C19H30N6O2. The van der Waals surface area contributed by atoms with Gasteiger partial charge < -0.3 is 20.2 Å². The smallest absolute Gasteiger partial charge is 0.191 e. The van der Waals surface area contributed by atoms with Crippen molar-refractivity contribution in [2.75, 3.05) is 13.1 Å². The number of nitrogens with zero attached hydrogens (tertiary/aromatic N) is 4. The highest BCUT2D eigenvalue weighted by Gasteiger charge is 2.27. The number of aromatic nitrogens is 3. The molecule has 1 aliphatic heterocycles. The van der Waals surface area contributed by atoms with Gasteiger partial charge in [0.2, 0.25) is 0 Å². The van der Waals surface area contributed by atoms with Crippen LogP contribution < -0.4 is 10.6 Å². The number of nitrogens with one attached hydrogen (secondary N) is 2. The SMILES string of the molecule is CCNC(=NCC(C)(O)c1ccco1)NC1CCc2nc(C(C)C)nn2C1. The molecule has 27 heavy (non-hydrogen) atoms. The highest BCUT2D eigenvalue weighted by atomic mass is 16.4. The summed E-state index contributed by atoms with van der Waals surface area (Å²) in [5.41, 5.74) is -1.15. The van der Waals surface area contributed by atoms with E-state index < -0.39 is 5.60 Å². The van der Waals surface area contributed by atoms with Crippen molar-refractivity contribution >= 4 is 5.96 Å². The minimum atomic E-state index is -1.15. The van der Waals surface area contributed by atoms with Gasteiger partial charge in [0.1, 0.15) is 17.2 Å². The van der Waals surface area contributed by atoms with E-state index in [0.717, 1.165) is 37.6 Å². The first-order valence-corrected chi connectivity index (χ1v) is 9.64. The van der Waals surface area contributed by atoms with E-state index >= 15 is 0 Å². The lowest BCUT2D eigenvalue weighted by Crippen LogP contribution is -2.47. The molecular weight excluding hydrogens is 344 g/mol. The zero-order valence-electron chi connectivity index (χ0n) is 16.6. The van der Waals surface area contributed by atoms with Crippen LogP contribution in [0.25, 0.3) is 0 Å². The lowest BCUT2D eigenvalue weighted by atomic mass is 10.0. The average molecular weight is 374 g/mol. The lowest BCUT2D eigenvalue weighted by molar-refractivity contribution is 0.0436. The third kappa shape index (κ3) is 4.68. The summed E-state index contributed by atoms with van der Waals surface area (Å²) in [5.74, 6) is 3.48. The van der Waals surface area contributed by atoms with Gasteiger partial charge in [-0.1, -0.05) is 13.8 Å². The number of aliphatic hydroxyl groups is 1. The van der Waals surface area contributed by atoms with Gasteiger partial charge in [0, 0.05) is 24.9 Å². The summed E-state index contributed by atoms with van der Waals surface area (Å²) in [6, 6.07) is 3.74. The lowest BCUT2D eigenvalue weighted by Gasteiger charge is -2.26. The number of guanidine groups is 1. The summed E-state index contributed by atoms with van der Waals surface area (Å²) < 4.78 is 7.32. The molecule has 2 aromatic heterocycles. The van der Waals surface area contributed by atoms with Crippen LogP contribution in [0.1, 0.15) is 57.4 Å². The first kappa shape index (κ1) is 19.4. The van der Waals surface area contributed by atoms with Gasteiger partial charge in [-0.3, -0.25) is 0 Å². The maximum absolute atomic E-state index is 10.6. The molecule has 3 heterocycles.